The van der Waals surface area contributed by atoms with Crippen molar-refractivity contribution in [3.8, 4) is 0 Å². The molecule has 0 unspecified atom stereocenters. The zero-order valence-electron chi connectivity index (χ0n) is 16.5. The molecule has 0 saturated carbocycles. The minimum Gasteiger partial charge on any atom is -0.324 e. The molecule has 3 aromatic rings. The van der Waals surface area contributed by atoms with E-state index < -0.39 is 11.5 Å². The average Bonchev–Trinajstić information content (AvgIpc) is 3.24. The molecule has 3 atom stereocenters. The van der Waals surface area contributed by atoms with Crippen LogP contribution in [0.4, 0.5) is 5.69 Å². The van der Waals surface area contributed by atoms with E-state index in [0.29, 0.717) is 17.1 Å². The molecule has 1 N–H and O–H groups in total. The lowest BCUT2D eigenvalue weighted by Gasteiger charge is -2.35. The third kappa shape index (κ3) is 2.64. The monoisotopic (exact) mass is 416 g/mol. The van der Waals surface area contributed by atoms with E-state index in [9.17, 15) is 9.59 Å². The number of anilines is 1. The number of halogens is 1. The fourth-order valence-corrected chi connectivity index (χ4v) is 5.37. The van der Waals surface area contributed by atoms with Gasteiger partial charge in [-0.25, -0.2) is 0 Å². The Hall–Kier alpha value is -2.95. The lowest BCUT2D eigenvalue weighted by molar-refractivity contribution is -0.126. The Labute approximate surface area is 180 Å². The highest BCUT2D eigenvalue weighted by molar-refractivity contribution is 6.31. The van der Waals surface area contributed by atoms with Gasteiger partial charge in [-0.1, -0.05) is 72.3 Å². The van der Waals surface area contributed by atoms with E-state index in [4.69, 9.17) is 11.6 Å². The predicted octanol–water partition coefficient (Wildman–Crippen LogP) is 4.72. The average molecular weight is 417 g/mol. The van der Waals surface area contributed by atoms with Crippen LogP contribution < -0.4 is 5.32 Å². The maximum absolute atomic E-state index is 13.9. The molecule has 5 heteroatoms. The summed E-state index contributed by atoms with van der Waals surface area (Å²) in [6.45, 7) is 0.590. The molecule has 2 aliphatic heterocycles. The van der Waals surface area contributed by atoms with Gasteiger partial charge in [-0.3, -0.25) is 14.5 Å². The molecule has 1 spiro atoms. The van der Waals surface area contributed by atoms with Crippen LogP contribution >= 0.6 is 11.6 Å². The van der Waals surface area contributed by atoms with Gasteiger partial charge in [-0.15, -0.1) is 0 Å². The van der Waals surface area contributed by atoms with Crippen molar-refractivity contribution < 1.29 is 9.59 Å². The molecule has 0 bridgehead atoms. The number of carbonyl (C=O) groups is 2. The van der Waals surface area contributed by atoms with Crippen molar-refractivity contribution in [2.75, 3.05) is 18.9 Å². The number of likely N-dealkylation sites (N-methyl/N-ethyl adjacent to an activating group) is 1. The molecule has 0 aromatic heterocycles. The predicted molar refractivity (Wildman–Crippen MR) is 118 cm³/mol. The van der Waals surface area contributed by atoms with Crippen LogP contribution in [0.5, 0.6) is 0 Å². The highest BCUT2D eigenvalue weighted by atomic mass is 35.5. The molecule has 4 nitrogen and oxygen atoms in total. The third-order valence-electron chi connectivity index (χ3n) is 6.48. The van der Waals surface area contributed by atoms with Crippen LogP contribution in [0.3, 0.4) is 0 Å². The topological polar surface area (TPSA) is 49.4 Å². The number of hydrogen-bond donors (Lipinski definition) is 1. The van der Waals surface area contributed by atoms with Crippen molar-refractivity contribution in [2.45, 2.75) is 11.5 Å². The van der Waals surface area contributed by atoms with Gasteiger partial charge in [0.05, 0.1) is 5.92 Å². The number of rotatable bonds is 3. The Morgan fingerprint density at radius 2 is 1.70 bits per heavy atom. The number of hydrogen-bond acceptors (Lipinski definition) is 3. The minimum absolute atomic E-state index is 0.0308. The number of carbonyl (C=O) groups excluding carboxylic acids is 2. The highest BCUT2D eigenvalue weighted by Gasteiger charge is 2.64. The Kier molecular flexibility index (Phi) is 4.49. The molecule has 150 valence electrons. The summed E-state index contributed by atoms with van der Waals surface area (Å²) < 4.78 is 0. The van der Waals surface area contributed by atoms with Gasteiger partial charge in [-0.2, -0.15) is 0 Å². The van der Waals surface area contributed by atoms with Gasteiger partial charge in [0.25, 0.3) is 0 Å². The summed E-state index contributed by atoms with van der Waals surface area (Å²) in [5.41, 5.74) is 2.06. The second-order valence-electron chi connectivity index (χ2n) is 8.02. The normalized spacial score (nSPS) is 25.3. The molecule has 3 aromatic carbocycles. The van der Waals surface area contributed by atoms with Crippen LogP contribution in [0.1, 0.15) is 27.4 Å². The Morgan fingerprint density at radius 1 is 1.03 bits per heavy atom. The van der Waals surface area contributed by atoms with E-state index in [1.54, 1.807) is 6.07 Å². The van der Waals surface area contributed by atoms with Gasteiger partial charge in [0.15, 0.2) is 5.78 Å². The standard InChI is InChI=1S/C25H21ClN2O2/c1-28-15-19(16-8-4-2-5-9-16)22(23(29)17-10-6-3-7-11-17)25(28)20-14-18(26)12-13-21(20)27-24(25)30/h2-14,19,22H,15H2,1H3,(H,27,30)/t19-,22-,25+/m1/s1. The largest absolute Gasteiger partial charge is 0.324 e. The van der Waals surface area contributed by atoms with Gasteiger partial charge < -0.3 is 5.32 Å². The van der Waals surface area contributed by atoms with Crippen LogP contribution in [0, 0.1) is 5.92 Å². The fourth-order valence-electron chi connectivity index (χ4n) is 5.19. The quantitative estimate of drug-likeness (QED) is 0.629. The minimum atomic E-state index is -1.10. The molecule has 0 aliphatic carbocycles. The molecule has 1 amide bonds. The molecule has 1 saturated heterocycles. The van der Waals surface area contributed by atoms with Crippen molar-refractivity contribution in [1.82, 2.24) is 4.90 Å². The van der Waals surface area contributed by atoms with Crippen LogP contribution in [0.2, 0.25) is 5.02 Å². The highest BCUT2D eigenvalue weighted by Crippen LogP contribution is 2.55. The lowest BCUT2D eigenvalue weighted by atomic mass is 9.70. The van der Waals surface area contributed by atoms with Gasteiger partial charge in [0.2, 0.25) is 5.91 Å². The Morgan fingerprint density at radius 3 is 2.40 bits per heavy atom. The third-order valence-corrected chi connectivity index (χ3v) is 6.72. The van der Waals surface area contributed by atoms with Crippen LogP contribution in [0.25, 0.3) is 0 Å². The van der Waals surface area contributed by atoms with E-state index >= 15 is 0 Å². The summed E-state index contributed by atoms with van der Waals surface area (Å²) >= 11 is 6.34. The zero-order valence-corrected chi connectivity index (χ0v) is 17.3. The van der Waals surface area contributed by atoms with E-state index in [2.05, 4.69) is 5.32 Å². The molecule has 5 rings (SSSR count). The van der Waals surface area contributed by atoms with Gasteiger partial charge in [-0.05, 0) is 30.8 Å². The fraction of sp³-hybridized carbons (Fsp3) is 0.200. The summed E-state index contributed by atoms with van der Waals surface area (Å²) in [5, 5.41) is 3.55. The number of nitrogens with zero attached hydrogens (tertiary/aromatic N) is 1. The Balaban J connectivity index is 1.75. The lowest BCUT2D eigenvalue weighted by Crippen LogP contribution is -2.51. The molecular weight excluding hydrogens is 396 g/mol. The number of amides is 1. The van der Waals surface area contributed by atoms with Crippen LogP contribution in [0.15, 0.2) is 78.9 Å². The molecule has 0 radical (unpaired) electrons. The first-order valence-corrected chi connectivity index (χ1v) is 10.4. The molecular formula is C25H21ClN2O2. The summed E-state index contributed by atoms with van der Waals surface area (Å²) in [7, 11) is 1.92. The summed E-state index contributed by atoms with van der Waals surface area (Å²) in [5.74, 6) is -0.904. The van der Waals surface area contributed by atoms with E-state index in [1.165, 1.54) is 0 Å². The smallest absolute Gasteiger partial charge is 0.250 e. The van der Waals surface area contributed by atoms with Gasteiger partial charge in [0, 0.05) is 34.3 Å². The van der Waals surface area contributed by atoms with Crippen LogP contribution in [-0.4, -0.2) is 30.2 Å². The van der Waals surface area contributed by atoms with Crippen molar-refractivity contribution in [2.24, 2.45) is 5.92 Å². The van der Waals surface area contributed by atoms with Crippen molar-refractivity contribution in [1.29, 1.82) is 0 Å². The number of ketones is 1. The summed E-state index contributed by atoms with van der Waals surface area (Å²) in [4.78, 5) is 29.5. The first kappa shape index (κ1) is 19.0. The van der Waals surface area contributed by atoms with Crippen molar-refractivity contribution >= 4 is 29.0 Å². The van der Waals surface area contributed by atoms with E-state index in [1.807, 2.05) is 84.7 Å². The zero-order chi connectivity index (χ0) is 20.9. The summed E-state index contributed by atoms with van der Waals surface area (Å²) in [6.07, 6.45) is 0. The van der Waals surface area contributed by atoms with Crippen molar-refractivity contribution in [3.63, 3.8) is 0 Å². The second kappa shape index (κ2) is 7.08. The maximum Gasteiger partial charge on any atom is 0.250 e. The Bertz CT molecular complexity index is 1130. The molecule has 1 fully saturated rings. The number of fused-ring (bicyclic) bond motifs is 2. The second-order valence-corrected chi connectivity index (χ2v) is 8.45. The first-order chi connectivity index (χ1) is 14.5. The molecule has 30 heavy (non-hydrogen) atoms. The van der Waals surface area contributed by atoms with E-state index in [0.717, 1.165) is 16.8 Å². The van der Waals surface area contributed by atoms with Gasteiger partial charge >= 0.3 is 0 Å². The maximum atomic E-state index is 13.9. The number of Topliss-reactive ketones (excluding diaryl/α,β-unsaturated/α-hetero) is 1. The number of nitrogens with one attached hydrogen (secondary N) is 1. The number of benzene rings is 3. The number of likely N-dealkylation sites (tertiary alicyclic amines) is 1. The molecule has 2 heterocycles. The summed E-state index contributed by atoms with van der Waals surface area (Å²) in [6, 6.07) is 24.6. The van der Waals surface area contributed by atoms with Crippen LogP contribution in [-0.2, 0) is 10.3 Å². The SMILES string of the molecule is CN1C[C@H](c2ccccc2)[C@H](C(=O)c2ccccc2)[C@@]12C(=O)Nc1ccc(Cl)cc12. The molecule has 2 aliphatic rings. The van der Waals surface area contributed by atoms with Crippen molar-refractivity contribution in [3.05, 3.63) is 101 Å². The van der Waals surface area contributed by atoms with Gasteiger partial charge in [0.1, 0.15) is 5.54 Å². The first-order valence-electron chi connectivity index (χ1n) is 10.0. The van der Waals surface area contributed by atoms with E-state index in [-0.39, 0.29) is 17.6 Å².